The molecule has 5 aromatic heterocycles. The van der Waals surface area contributed by atoms with Crippen LogP contribution in [0.15, 0.2) is 133 Å². The molecule has 13 nitrogen and oxygen atoms in total. The van der Waals surface area contributed by atoms with Crippen LogP contribution in [0.2, 0.25) is 0 Å². The number of nitrogens with zero attached hydrogens (tertiary/aromatic N) is 7. The molecule has 0 saturated heterocycles. The van der Waals surface area contributed by atoms with E-state index >= 15 is 0 Å². The first-order valence-corrected chi connectivity index (χ1v) is 20.3. The minimum absolute atomic E-state index is 0.216. The molecule has 0 spiro atoms. The van der Waals surface area contributed by atoms with Gasteiger partial charge in [0.1, 0.15) is 28.2 Å². The number of pyridine rings is 2. The molecule has 0 radical (unpaired) electrons. The van der Waals surface area contributed by atoms with E-state index in [0.717, 1.165) is 39.4 Å². The number of nitrogens with two attached hydrogens (primary N) is 1. The van der Waals surface area contributed by atoms with E-state index in [0.29, 0.717) is 73.2 Å². The van der Waals surface area contributed by atoms with Gasteiger partial charge >= 0.3 is 5.17 Å². The molecule has 5 heterocycles. The lowest BCUT2D eigenvalue weighted by Crippen LogP contribution is -2.43. The molecule has 0 bridgehead atoms. The molecule has 0 aliphatic carbocycles. The van der Waals surface area contributed by atoms with E-state index in [2.05, 4.69) is 20.6 Å². The molecule has 0 unspecified atom stereocenters. The van der Waals surface area contributed by atoms with E-state index in [1.807, 2.05) is 84.2 Å². The summed E-state index contributed by atoms with van der Waals surface area (Å²) in [6, 6.07) is 30.6. The molecule has 9 rings (SSSR count). The molecule has 0 amide bonds. The molecule has 61 heavy (non-hydrogen) atoms. The smallest absolute Gasteiger partial charge is 0.314 e. The molecular weight excluding hydrogens is 810 g/mol. The summed E-state index contributed by atoms with van der Waals surface area (Å²) in [5.41, 5.74) is 6.59. The van der Waals surface area contributed by atoms with Crippen LogP contribution in [0.5, 0.6) is 11.5 Å². The van der Waals surface area contributed by atoms with Gasteiger partial charge in [-0.15, -0.1) is 11.3 Å². The van der Waals surface area contributed by atoms with Crippen molar-refractivity contribution in [1.29, 1.82) is 5.41 Å². The first-order valence-electron chi connectivity index (χ1n) is 18.6. The maximum absolute atomic E-state index is 13.6. The Bertz CT molecular complexity index is 3110. The van der Waals surface area contributed by atoms with Gasteiger partial charge in [-0.1, -0.05) is 18.2 Å². The minimum Gasteiger partial charge on any atom is -0.497 e. The van der Waals surface area contributed by atoms with Gasteiger partial charge in [0.25, 0.3) is 0 Å². The van der Waals surface area contributed by atoms with Gasteiger partial charge in [-0.2, -0.15) is 4.98 Å². The first-order chi connectivity index (χ1) is 29.8. The van der Waals surface area contributed by atoms with Crippen molar-refractivity contribution >= 4 is 71.9 Å². The van der Waals surface area contributed by atoms with E-state index in [-0.39, 0.29) is 16.0 Å². The number of thioether (sulfide) groups is 1. The van der Waals surface area contributed by atoms with Crippen LogP contribution < -0.4 is 25.5 Å². The molecule has 0 aliphatic rings. The summed E-state index contributed by atoms with van der Waals surface area (Å²) in [6.07, 6.45) is 6.86. The fourth-order valence-corrected chi connectivity index (χ4v) is 7.80. The van der Waals surface area contributed by atoms with Crippen molar-refractivity contribution in [3.05, 3.63) is 145 Å². The average Bonchev–Trinajstić information content (AvgIpc) is 3.77. The Kier molecular flexibility index (Phi) is 10.7. The Labute approximate surface area is 356 Å². The van der Waals surface area contributed by atoms with E-state index in [1.54, 1.807) is 51.1 Å². The van der Waals surface area contributed by atoms with Crippen molar-refractivity contribution in [3.8, 4) is 56.7 Å². The molecule has 5 N–H and O–H groups in total. The number of anilines is 3. The molecular formula is C45H33FN11O2S2+. The summed E-state index contributed by atoms with van der Waals surface area (Å²) in [6.45, 7) is 0. The van der Waals surface area contributed by atoms with Crippen molar-refractivity contribution < 1.29 is 19.3 Å². The van der Waals surface area contributed by atoms with E-state index in [9.17, 15) is 4.39 Å². The Morgan fingerprint density at radius 3 is 2.07 bits per heavy atom. The number of methoxy groups -OCH3 is 2. The fraction of sp³-hybridized carbons (Fsp3) is 0.0444. The maximum Gasteiger partial charge on any atom is 0.314 e. The Morgan fingerprint density at radius 1 is 0.672 bits per heavy atom. The van der Waals surface area contributed by atoms with Gasteiger partial charge in [0.15, 0.2) is 16.8 Å². The number of nitrogens with one attached hydrogen (secondary N) is 3. The molecule has 16 heteroatoms. The number of aromatic nitrogens is 7. The van der Waals surface area contributed by atoms with E-state index in [1.165, 1.54) is 23.5 Å². The summed E-state index contributed by atoms with van der Waals surface area (Å²) < 4.78 is 24.6. The van der Waals surface area contributed by atoms with Gasteiger partial charge in [-0.3, -0.25) is 20.8 Å². The average molecular weight is 843 g/mol. The number of ether oxygens (including phenoxy) is 2. The Morgan fingerprint density at radius 2 is 1.34 bits per heavy atom. The second-order valence-corrected chi connectivity index (χ2v) is 15.3. The van der Waals surface area contributed by atoms with E-state index in [4.69, 9.17) is 45.2 Å². The number of hydrogen-bond donors (Lipinski definition) is 4. The third-order valence-electron chi connectivity index (χ3n) is 9.50. The zero-order valence-corrected chi connectivity index (χ0v) is 34.1. The topological polar surface area (TPSA) is 182 Å². The Balaban J connectivity index is 0.971. The number of thiazole rings is 1. The van der Waals surface area contributed by atoms with Crippen LogP contribution in [0.25, 0.3) is 67.0 Å². The SMILES string of the molecule is COc1ccc2nc(-c3cccnc3)nc(NC(=[NH2+])SC(=N)c3cccc(-c4cncc(-c5nc(Nc6nc(-c7ccc(F)cc7)cs6)c6cc(OC)ccc6n5)c4)c3)c2c1. The van der Waals surface area contributed by atoms with Gasteiger partial charge < -0.3 is 14.8 Å². The standard InChI is InChI=1S/C45H32FN11O2S2/c1-58-32-12-14-36-34(19-32)42(54-40(51-36)28-7-4-16-49-21-28)56-44(48)61-39(47)27-6-3-5-26(17-27)29-18-30(23-50-22-29)41-52-37-15-13-33(59-2)20-35(37)43(55-41)57-45-53-38(24-60-45)25-8-10-31(46)11-9-25/h3-24,47H,1-2H3,(H2,48,51,54,56)(H,52,53,55,57)/p+1. The highest BCUT2D eigenvalue weighted by Crippen LogP contribution is 2.34. The highest BCUT2D eigenvalue weighted by atomic mass is 32.2. The van der Waals surface area contributed by atoms with Gasteiger partial charge in [-0.25, -0.2) is 29.6 Å². The third kappa shape index (κ3) is 8.43. The zero-order chi connectivity index (χ0) is 41.9. The van der Waals surface area contributed by atoms with Crippen LogP contribution in [-0.2, 0) is 0 Å². The van der Waals surface area contributed by atoms with Crippen molar-refractivity contribution in [2.75, 3.05) is 24.9 Å². The van der Waals surface area contributed by atoms with Crippen molar-refractivity contribution in [1.82, 2.24) is 34.9 Å². The van der Waals surface area contributed by atoms with Gasteiger partial charge in [0.05, 0.1) is 36.3 Å². The summed E-state index contributed by atoms with van der Waals surface area (Å²) in [7, 11) is 3.20. The number of amidine groups is 1. The summed E-state index contributed by atoms with van der Waals surface area (Å²) in [5, 5.41) is 26.6. The van der Waals surface area contributed by atoms with Gasteiger partial charge in [-0.05, 0) is 90.5 Å². The molecule has 0 fully saturated rings. The molecule has 0 aliphatic heterocycles. The molecule has 9 aromatic rings. The molecule has 298 valence electrons. The number of rotatable bonds is 10. The number of benzene rings is 4. The predicted octanol–water partition coefficient (Wildman–Crippen LogP) is 8.67. The number of halogens is 1. The lowest BCUT2D eigenvalue weighted by molar-refractivity contribution is -0.108. The third-order valence-corrected chi connectivity index (χ3v) is 11.0. The van der Waals surface area contributed by atoms with Gasteiger partial charge in [0, 0.05) is 75.1 Å². The van der Waals surface area contributed by atoms with Crippen LogP contribution in [0.1, 0.15) is 5.56 Å². The van der Waals surface area contributed by atoms with Crippen LogP contribution >= 0.6 is 23.1 Å². The normalized spacial score (nSPS) is 11.1. The molecule has 4 aromatic carbocycles. The monoisotopic (exact) mass is 842 g/mol. The second-order valence-electron chi connectivity index (χ2n) is 13.4. The van der Waals surface area contributed by atoms with Crippen LogP contribution in [0.3, 0.4) is 0 Å². The molecule has 0 atom stereocenters. The quantitative estimate of drug-likeness (QED) is 0.0761. The largest absolute Gasteiger partial charge is 0.497 e. The first kappa shape index (κ1) is 38.8. The fourth-order valence-electron chi connectivity index (χ4n) is 6.47. The number of fused-ring (bicyclic) bond motifs is 2. The van der Waals surface area contributed by atoms with Gasteiger partial charge in [0.2, 0.25) is 5.82 Å². The highest BCUT2D eigenvalue weighted by molar-refractivity contribution is 8.26. The minimum atomic E-state index is -0.309. The summed E-state index contributed by atoms with van der Waals surface area (Å²) in [5.74, 6) is 2.90. The van der Waals surface area contributed by atoms with Crippen molar-refractivity contribution in [2.24, 2.45) is 0 Å². The maximum atomic E-state index is 13.6. The van der Waals surface area contributed by atoms with Crippen molar-refractivity contribution in [2.45, 2.75) is 0 Å². The zero-order valence-electron chi connectivity index (χ0n) is 32.4. The second kappa shape index (κ2) is 16.9. The summed E-state index contributed by atoms with van der Waals surface area (Å²) in [4.78, 5) is 32.9. The van der Waals surface area contributed by atoms with E-state index < -0.39 is 0 Å². The predicted molar refractivity (Wildman–Crippen MR) is 240 cm³/mol. The van der Waals surface area contributed by atoms with Crippen molar-refractivity contribution in [3.63, 3.8) is 0 Å². The van der Waals surface area contributed by atoms with Crippen LogP contribution in [-0.4, -0.2) is 59.3 Å². The molecule has 0 saturated carbocycles. The lowest BCUT2D eigenvalue weighted by Gasteiger charge is -2.12. The summed E-state index contributed by atoms with van der Waals surface area (Å²) >= 11 is 2.48. The van der Waals surface area contributed by atoms with Crippen LogP contribution in [0.4, 0.5) is 21.2 Å². The number of hydrogen-bond acceptors (Lipinski definition) is 13. The Hall–Kier alpha value is -7.69. The van der Waals surface area contributed by atoms with Crippen LogP contribution in [0, 0.1) is 11.2 Å². The highest BCUT2D eigenvalue weighted by Gasteiger charge is 2.20. The lowest BCUT2D eigenvalue weighted by atomic mass is 10.0.